The molecule has 1 N–H and O–H groups in total. The molecule has 8 nitrogen and oxygen atoms in total. The van der Waals surface area contributed by atoms with Gasteiger partial charge >= 0.3 is 29.6 Å². The Bertz CT molecular complexity index is 1910. The molecule has 0 amide bonds. The van der Waals surface area contributed by atoms with Gasteiger partial charge < -0.3 is 16.0 Å². The molecule has 4 aromatic rings. The summed E-state index contributed by atoms with van der Waals surface area (Å²) in [5, 5.41) is 9.31. The number of carbonyl (C=O) groups is 1. The van der Waals surface area contributed by atoms with Crippen LogP contribution in [0.4, 0.5) is 0 Å². The molecule has 0 bridgehead atoms. The Balaban J connectivity index is 0.000000926. The van der Waals surface area contributed by atoms with Gasteiger partial charge in [0.2, 0.25) is 0 Å². The van der Waals surface area contributed by atoms with Crippen molar-refractivity contribution >= 4 is 34.4 Å². The van der Waals surface area contributed by atoms with Crippen LogP contribution in [0.25, 0.3) is 22.3 Å². The molecule has 0 aromatic heterocycles. The van der Waals surface area contributed by atoms with Crippen LogP contribution in [-0.2, 0) is 26.3 Å². The zero-order chi connectivity index (χ0) is 35.5. The predicted molar refractivity (Wildman–Crippen MR) is 201 cm³/mol. The molecule has 263 valence electrons. The summed E-state index contributed by atoms with van der Waals surface area (Å²) in [6.45, 7) is 8.82. The molecular weight excluding hydrogens is 682 g/mol. The molecule has 0 saturated heterocycles. The van der Waals surface area contributed by atoms with Crippen LogP contribution in [0.5, 0.6) is 11.5 Å². The van der Waals surface area contributed by atoms with Gasteiger partial charge in [0, 0.05) is 26.5 Å². The average molecular weight is 730 g/mol. The maximum Gasteiger partial charge on any atom is 1.00 e. The van der Waals surface area contributed by atoms with Gasteiger partial charge in [-0.3, -0.25) is 4.79 Å². The van der Waals surface area contributed by atoms with Crippen molar-refractivity contribution in [3.05, 3.63) is 106 Å². The number of aldehydes is 1. The second-order valence-corrected chi connectivity index (χ2v) is 16.6. The third kappa shape index (κ3) is 14.7. The predicted octanol–water partition coefficient (Wildman–Crippen LogP) is 3.61. The van der Waals surface area contributed by atoms with E-state index in [0.717, 1.165) is 67.9 Å². The van der Waals surface area contributed by atoms with E-state index in [1.165, 1.54) is 12.5 Å². The van der Waals surface area contributed by atoms with Gasteiger partial charge in [-0.25, -0.2) is 16.8 Å². The van der Waals surface area contributed by atoms with Crippen LogP contribution in [0.3, 0.4) is 0 Å². The van der Waals surface area contributed by atoms with Gasteiger partial charge in [-0.15, -0.1) is 0 Å². The molecule has 0 saturated carbocycles. The summed E-state index contributed by atoms with van der Waals surface area (Å²) < 4.78 is 55.9. The molecule has 3 radical (unpaired) electrons. The van der Waals surface area contributed by atoms with E-state index in [9.17, 15) is 26.7 Å². The van der Waals surface area contributed by atoms with Crippen LogP contribution in [0.1, 0.15) is 52.4 Å². The fourth-order valence-electron chi connectivity index (χ4n) is 5.54. The molecule has 4 rings (SSSR count). The second-order valence-electron chi connectivity index (χ2n) is 12.1. The molecule has 0 fully saturated rings. The Kier molecular flexibility index (Phi) is 18.8. The van der Waals surface area contributed by atoms with Crippen LogP contribution in [0, 0.1) is 27.7 Å². The van der Waals surface area contributed by atoms with Gasteiger partial charge in [-0.05, 0) is 127 Å². The normalized spacial score (nSPS) is 10.9. The third-order valence-corrected chi connectivity index (χ3v) is 9.64. The maximum atomic E-state index is 11.1. The van der Waals surface area contributed by atoms with E-state index >= 15 is 0 Å². The first-order chi connectivity index (χ1) is 22.6. The Morgan fingerprint density at radius 1 is 0.660 bits per heavy atom. The number of aliphatic hydroxyl groups is 1. The summed E-state index contributed by atoms with van der Waals surface area (Å²) in [7, 11) is -5.90. The minimum absolute atomic E-state index is 0. The van der Waals surface area contributed by atoms with Crippen molar-refractivity contribution in [3.63, 3.8) is 0 Å². The zero-order valence-corrected chi connectivity index (χ0v) is 33.8. The molecule has 4 aromatic carbocycles. The van der Waals surface area contributed by atoms with E-state index in [1.807, 2.05) is 94.4 Å². The smallest absolute Gasteiger partial charge is 1.00 e. The van der Waals surface area contributed by atoms with E-state index in [0.29, 0.717) is 31.6 Å². The van der Waals surface area contributed by atoms with E-state index in [-0.39, 0.29) is 57.5 Å². The van der Waals surface area contributed by atoms with E-state index in [4.69, 9.17) is 9.47 Å². The molecule has 0 aliphatic heterocycles. The van der Waals surface area contributed by atoms with Crippen LogP contribution < -0.4 is 39.0 Å². The molecule has 50 heavy (non-hydrogen) atoms. The SMILES string of the molecule is Cc1cc(OCCCS(C)(=O)=O)cc(C)c1-c1cccc(C=O)c1.Cc1cc(OCCCS(C)(=O)=O)cc(C)c1-c1cccc(CO)c1.[B].[H-].[Na+]. The van der Waals surface area contributed by atoms with Crippen molar-refractivity contribution in [1.82, 2.24) is 0 Å². The number of aliphatic hydroxyl groups excluding tert-OH is 1. The van der Waals surface area contributed by atoms with Gasteiger partial charge in [0.1, 0.15) is 37.5 Å². The van der Waals surface area contributed by atoms with Gasteiger partial charge in [-0.2, -0.15) is 0 Å². The summed E-state index contributed by atoms with van der Waals surface area (Å²) in [5.74, 6) is 1.74. The Labute approximate surface area is 323 Å². The van der Waals surface area contributed by atoms with Crippen molar-refractivity contribution in [2.75, 3.05) is 37.2 Å². The number of hydrogen-bond acceptors (Lipinski definition) is 8. The summed E-state index contributed by atoms with van der Waals surface area (Å²) in [6.07, 6.45) is 4.25. The minimum atomic E-state index is -2.95. The second kappa shape index (κ2) is 20.8. The summed E-state index contributed by atoms with van der Waals surface area (Å²) in [4.78, 5) is 11.0. The fraction of sp³-hybridized carbons (Fsp3) is 0.342. The van der Waals surface area contributed by atoms with Gasteiger partial charge in [-0.1, -0.05) is 36.4 Å². The fourth-order valence-corrected chi connectivity index (χ4v) is 6.82. The maximum absolute atomic E-state index is 11.1. The topological polar surface area (TPSA) is 124 Å². The van der Waals surface area contributed by atoms with Crippen LogP contribution in [0.15, 0.2) is 72.8 Å². The van der Waals surface area contributed by atoms with Crippen LogP contribution in [0.2, 0.25) is 0 Å². The van der Waals surface area contributed by atoms with Crippen molar-refractivity contribution in [1.29, 1.82) is 0 Å². The van der Waals surface area contributed by atoms with Crippen molar-refractivity contribution in [3.8, 4) is 33.8 Å². The molecule has 0 heterocycles. The Hall–Kier alpha value is -2.93. The molecular formula is C38H47BNaO8S2. The standard InChI is InChI=1S/C19H24O4S.C19H22O4S.B.Na.H/c2*1-14-10-18(23-8-5-9-24(3,21)22)11-15(2)19(14)17-7-4-6-16(12-17)13-20;;;/h4,6-7,10-12,20H,5,8-9,13H2,1-3H3;4,6-7,10-13H,5,8-9H2,1-3H3;;;/q;;;+1;-1. The van der Waals surface area contributed by atoms with E-state index in [1.54, 1.807) is 6.07 Å². The van der Waals surface area contributed by atoms with Gasteiger partial charge in [0.25, 0.3) is 0 Å². The van der Waals surface area contributed by atoms with E-state index in [2.05, 4.69) is 0 Å². The molecule has 0 aliphatic rings. The number of benzene rings is 4. The molecule has 0 aliphatic carbocycles. The molecule has 0 spiro atoms. The largest absolute Gasteiger partial charge is 1.00 e. The van der Waals surface area contributed by atoms with Crippen molar-refractivity contribution in [2.45, 2.75) is 47.1 Å². The van der Waals surface area contributed by atoms with Crippen LogP contribution >= 0.6 is 0 Å². The van der Waals surface area contributed by atoms with Gasteiger partial charge in [0.05, 0.1) is 31.3 Å². The average Bonchev–Trinajstić information content (AvgIpc) is 3.00. The van der Waals surface area contributed by atoms with Crippen molar-refractivity contribution < 1.29 is 67.2 Å². The third-order valence-electron chi connectivity index (χ3n) is 7.58. The first-order valence-electron chi connectivity index (χ1n) is 15.7. The number of hydrogen-bond donors (Lipinski definition) is 1. The first-order valence-corrected chi connectivity index (χ1v) is 19.8. The zero-order valence-electron chi connectivity index (χ0n) is 31.2. The summed E-state index contributed by atoms with van der Waals surface area (Å²) in [5.41, 5.74) is 10.1. The molecule has 0 unspecified atom stereocenters. The number of ether oxygens (including phenoxy) is 2. The first kappa shape index (κ1) is 45.1. The Morgan fingerprint density at radius 2 is 1.06 bits per heavy atom. The molecule has 0 atom stereocenters. The number of rotatable bonds is 14. The Morgan fingerprint density at radius 3 is 1.44 bits per heavy atom. The monoisotopic (exact) mass is 729 g/mol. The molecule has 12 heteroatoms. The quantitative estimate of drug-likeness (QED) is 0.119. The van der Waals surface area contributed by atoms with Crippen molar-refractivity contribution in [2.24, 2.45) is 0 Å². The van der Waals surface area contributed by atoms with Gasteiger partial charge in [0.15, 0.2) is 0 Å². The van der Waals surface area contributed by atoms with Crippen LogP contribution in [-0.4, -0.2) is 73.9 Å². The summed E-state index contributed by atoms with van der Waals surface area (Å²) >= 11 is 0. The number of carbonyl (C=O) groups excluding carboxylic acids is 1. The minimum Gasteiger partial charge on any atom is -1.00 e. The summed E-state index contributed by atoms with van der Waals surface area (Å²) in [6, 6.07) is 23.2. The number of aryl methyl sites for hydroxylation is 4. The number of sulfone groups is 2. The van der Waals surface area contributed by atoms with E-state index < -0.39 is 19.7 Å².